The van der Waals surface area contributed by atoms with Crippen LogP contribution in [-0.4, -0.2) is 15.9 Å². The van der Waals surface area contributed by atoms with Gasteiger partial charge < -0.3 is 10.1 Å². The van der Waals surface area contributed by atoms with Gasteiger partial charge in [0.15, 0.2) is 5.78 Å². The minimum absolute atomic E-state index is 0. The van der Waals surface area contributed by atoms with Gasteiger partial charge in [0.25, 0.3) is 0 Å². The van der Waals surface area contributed by atoms with Gasteiger partial charge >= 0.3 is 0 Å². The Morgan fingerprint density at radius 3 is 2.21 bits per heavy atom. The molecule has 1 aromatic heterocycles. The third-order valence-corrected chi connectivity index (χ3v) is 7.36. The molecule has 1 atom stereocenters. The Morgan fingerprint density at radius 1 is 0.941 bits per heavy atom. The largest absolute Gasteiger partial charge is 0.511 e. The molecular weight excluding hydrogens is 599 g/mol. The van der Waals surface area contributed by atoms with Crippen LogP contribution in [0, 0.1) is 29.7 Å². The first-order chi connectivity index (χ1) is 15.6. The van der Waals surface area contributed by atoms with Crippen molar-refractivity contribution in [1.82, 2.24) is 4.98 Å². The number of nitrogens with zero attached hydrogens (tertiary/aromatic N) is 1. The minimum atomic E-state index is -0.284. The van der Waals surface area contributed by atoms with Crippen molar-refractivity contribution in [3.8, 4) is 11.3 Å². The van der Waals surface area contributed by atoms with Crippen molar-refractivity contribution in [2.24, 2.45) is 16.7 Å². The van der Waals surface area contributed by atoms with Crippen molar-refractivity contribution in [3.05, 3.63) is 77.7 Å². The standard InChI is InChI=1S/C16H12N.C14H22O2.Ir/c1-12-11-17-16(13-7-3-2-4-8-13)15-10-6-5-9-14(12)15;1-13(2)7-5-9-6-8-14(3,4)12(16)10(9)11(13)15;/h2-7,9-11H,1H3;9,15H,5-8H2,1-4H3;/q-1;;. The molecular formula is C30H34IrNO2-. The third kappa shape index (κ3) is 5.04. The summed E-state index contributed by atoms with van der Waals surface area (Å²) in [6, 6.07) is 19.6. The molecule has 1 unspecified atom stereocenters. The number of carbonyl (C=O) groups excluding carboxylic acids is 1. The van der Waals surface area contributed by atoms with Gasteiger partial charge in [-0.15, -0.1) is 35.9 Å². The van der Waals surface area contributed by atoms with E-state index in [2.05, 4.69) is 42.2 Å². The summed E-state index contributed by atoms with van der Waals surface area (Å²) in [5.41, 5.74) is 3.51. The molecule has 3 aromatic rings. The summed E-state index contributed by atoms with van der Waals surface area (Å²) in [7, 11) is 0. The van der Waals surface area contributed by atoms with E-state index in [1.165, 1.54) is 16.3 Å². The number of ketones is 1. The number of carbonyl (C=O) groups is 1. The molecule has 1 saturated carbocycles. The first-order valence-corrected chi connectivity index (χ1v) is 11.9. The fourth-order valence-corrected chi connectivity index (χ4v) is 5.04. The molecule has 1 heterocycles. The van der Waals surface area contributed by atoms with Crippen molar-refractivity contribution in [3.63, 3.8) is 0 Å². The van der Waals surface area contributed by atoms with Gasteiger partial charge in [-0.3, -0.25) is 4.79 Å². The van der Waals surface area contributed by atoms with Crippen molar-refractivity contribution >= 4 is 16.6 Å². The topological polar surface area (TPSA) is 50.2 Å². The maximum Gasteiger partial charge on any atom is 0.168 e. The van der Waals surface area contributed by atoms with Crippen LogP contribution in [0.25, 0.3) is 22.0 Å². The van der Waals surface area contributed by atoms with Crippen LogP contribution < -0.4 is 0 Å². The van der Waals surface area contributed by atoms with E-state index in [0.29, 0.717) is 11.7 Å². The Labute approximate surface area is 217 Å². The Kier molecular flexibility index (Phi) is 7.85. The molecule has 1 radical (unpaired) electrons. The van der Waals surface area contributed by atoms with E-state index in [9.17, 15) is 9.90 Å². The number of pyridine rings is 1. The van der Waals surface area contributed by atoms with Crippen LogP contribution in [-0.2, 0) is 24.9 Å². The van der Waals surface area contributed by atoms with E-state index in [0.717, 1.165) is 42.5 Å². The molecule has 5 rings (SSSR count). The van der Waals surface area contributed by atoms with Gasteiger partial charge in [0, 0.05) is 42.7 Å². The molecule has 0 saturated heterocycles. The molecule has 0 spiro atoms. The molecule has 181 valence electrons. The minimum Gasteiger partial charge on any atom is -0.511 e. The Bertz CT molecular complexity index is 1210. The second kappa shape index (κ2) is 10.1. The molecule has 0 bridgehead atoms. The number of hydrogen-bond donors (Lipinski definition) is 1. The van der Waals surface area contributed by atoms with E-state index < -0.39 is 0 Å². The van der Waals surface area contributed by atoms with Crippen LogP contribution in [0.3, 0.4) is 0 Å². The average molecular weight is 633 g/mol. The summed E-state index contributed by atoms with van der Waals surface area (Å²) >= 11 is 0. The van der Waals surface area contributed by atoms with Gasteiger partial charge in [-0.1, -0.05) is 52.0 Å². The number of benzene rings is 2. The summed E-state index contributed by atoms with van der Waals surface area (Å²) in [6.45, 7) is 10.1. The maximum atomic E-state index is 12.4. The third-order valence-electron chi connectivity index (χ3n) is 7.36. The van der Waals surface area contributed by atoms with Gasteiger partial charge in [0.2, 0.25) is 0 Å². The fraction of sp³-hybridized carbons (Fsp3) is 0.400. The second-order valence-electron chi connectivity index (χ2n) is 10.7. The summed E-state index contributed by atoms with van der Waals surface area (Å²) in [5.74, 6) is 0.851. The quantitative estimate of drug-likeness (QED) is 0.281. The molecule has 4 heteroatoms. The van der Waals surface area contributed by atoms with Gasteiger partial charge in [-0.05, 0) is 60.6 Å². The predicted molar refractivity (Wildman–Crippen MR) is 135 cm³/mol. The summed E-state index contributed by atoms with van der Waals surface area (Å²) in [4.78, 5) is 16.9. The summed E-state index contributed by atoms with van der Waals surface area (Å²) in [6.07, 6.45) is 5.97. The number of Topliss-reactive ketones (excluding diaryl/α,β-unsaturated/α-hetero) is 1. The SMILES string of the molecule is CC1(C)CCC2CCC(C)(C)C(O)=C2C1=O.Cc1cnc(-c2[c-]cccc2)c2ccccc12.[Ir]. The molecule has 3 nitrogen and oxygen atoms in total. The fourth-order valence-electron chi connectivity index (χ4n) is 5.04. The van der Waals surface area contributed by atoms with Crippen molar-refractivity contribution in [1.29, 1.82) is 0 Å². The van der Waals surface area contributed by atoms with Crippen LogP contribution in [0.15, 0.2) is 66.1 Å². The number of allylic oxidation sites excluding steroid dienone is 2. The van der Waals surface area contributed by atoms with E-state index in [-0.39, 0.29) is 36.7 Å². The molecule has 0 amide bonds. The molecule has 1 N–H and O–H groups in total. The average Bonchev–Trinajstić information content (AvgIpc) is 2.80. The number of rotatable bonds is 1. The summed E-state index contributed by atoms with van der Waals surface area (Å²) < 4.78 is 0. The maximum absolute atomic E-state index is 12.4. The van der Waals surface area contributed by atoms with Crippen molar-refractivity contribution < 1.29 is 30.0 Å². The van der Waals surface area contributed by atoms with Crippen LogP contribution in [0.4, 0.5) is 0 Å². The molecule has 34 heavy (non-hydrogen) atoms. The molecule has 1 fully saturated rings. The van der Waals surface area contributed by atoms with Crippen LogP contribution in [0.1, 0.15) is 58.9 Å². The second-order valence-corrected chi connectivity index (χ2v) is 10.7. The van der Waals surface area contributed by atoms with E-state index >= 15 is 0 Å². The van der Waals surface area contributed by atoms with Gasteiger partial charge in [-0.25, -0.2) is 0 Å². The molecule has 2 aliphatic rings. The zero-order valence-corrected chi connectivity index (χ0v) is 23.1. The van der Waals surface area contributed by atoms with E-state index in [4.69, 9.17) is 0 Å². The number of aromatic nitrogens is 1. The van der Waals surface area contributed by atoms with Gasteiger partial charge in [0.05, 0.1) is 0 Å². The normalized spacial score (nSPS) is 20.6. The van der Waals surface area contributed by atoms with Crippen molar-refractivity contribution in [2.45, 2.75) is 60.3 Å². The number of fused-ring (bicyclic) bond motifs is 2. The van der Waals surface area contributed by atoms with E-state index in [1.54, 1.807) is 0 Å². The van der Waals surface area contributed by atoms with Crippen molar-refractivity contribution in [2.75, 3.05) is 0 Å². The number of aliphatic hydroxyl groups is 1. The zero-order chi connectivity index (χ0) is 23.8. The first kappa shape index (κ1) is 26.3. The molecule has 2 aromatic carbocycles. The first-order valence-electron chi connectivity index (χ1n) is 11.9. The zero-order valence-electron chi connectivity index (χ0n) is 20.7. The van der Waals surface area contributed by atoms with Crippen LogP contribution in [0.5, 0.6) is 0 Å². The Morgan fingerprint density at radius 2 is 1.56 bits per heavy atom. The number of aryl methyl sites for hydroxylation is 1. The smallest absolute Gasteiger partial charge is 0.168 e. The molecule has 2 aliphatic carbocycles. The molecule has 0 aliphatic heterocycles. The predicted octanol–water partition coefficient (Wildman–Crippen LogP) is 7.63. The van der Waals surface area contributed by atoms with Gasteiger partial charge in [-0.2, -0.15) is 0 Å². The Balaban J connectivity index is 0.000000186. The van der Waals surface area contributed by atoms with Crippen LogP contribution in [0.2, 0.25) is 0 Å². The van der Waals surface area contributed by atoms with Gasteiger partial charge in [0.1, 0.15) is 5.76 Å². The monoisotopic (exact) mass is 633 g/mol. The van der Waals surface area contributed by atoms with Crippen LogP contribution >= 0.6 is 0 Å². The Hall–Kier alpha value is -2.29. The number of hydrogen-bond acceptors (Lipinski definition) is 3. The van der Waals surface area contributed by atoms with E-state index in [1.807, 2.05) is 58.2 Å². The summed E-state index contributed by atoms with van der Waals surface area (Å²) in [5, 5.41) is 12.7. The number of aliphatic hydroxyl groups excluding tert-OH is 1.